The molecule has 29 heavy (non-hydrogen) atoms. The van der Waals surface area contributed by atoms with Gasteiger partial charge in [-0.05, 0) is 41.7 Å². The highest BCUT2D eigenvalue weighted by Gasteiger charge is 2.26. The van der Waals surface area contributed by atoms with E-state index in [2.05, 4.69) is 29.7 Å². The van der Waals surface area contributed by atoms with Gasteiger partial charge in [-0.2, -0.15) is 0 Å². The van der Waals surface area contributed by atoms with E-state index in [9.17, 15) is 14.0 Å². The van der Waals surface area contributed by atoms with Crippen LogP contribution in [-0.2, 0) is 22.4 Å². The van der Waals surface area contributed by atoms with E-state index < -0.39 is 5.82 Å². The third-order valence-electron chi connectivity index (χ3n) is 5.44. The second-order valence-electron chi connectivity index (χ2n) is 7.37. The van der Waals surface area contributed by atoms with Crippen molar-refractivity contribution < 1.29 is 18.7 Å². The summed E-state index contributed by atoms with van der Waals surface area (Å²) in [6.45, 7) is 3.37. The lowest BCUT2D eigenvalue weighted by Gasteiger charge is -2.33. The van der Waals surface area contributed by atoms with Gasteiger partial charge in [0.15, 0.2) is 0 Å². The molecule has 0 spiro atoms. The molecule has 0 aromatic heterocycles. The van der Waals surface area contributed by atoms with Crippen molar-refractivity contribution in [3.63, 3.8) is 0 Å². The van der Waals surface area contributed by atoms with E-state index >= 15 is 0 Å². The molecular formula is C22H24FN3O3. The van der Waals surface area contributed by atoms with Crippen LogP contribution in [0, 0.1) is 5.82 Å². The van der Waals surface area contributed by atoms with Gasteiger partial charge < -0.3 is 20.3 Å². The van der Waals surface area contributed by atoms with Crippen LogP contribution in [0.5, 0.6) is 0 Å². The molecule has 0 radical (unpaired) electrons. The van der Waals surface area contributed by atoms with Gasteiger partial charge in [-0.15, -0.1) is 0 Å². The molecule has 4 rings (SSSR count). The lowest BCUT2D eigenvalue weighted by atomic mass is 10.0. The molecule has 0 bridgehead atoms. The number of nitrogens with one attached hydrogen (secondary N) is 2. The molecule has 3 amide bonds. The third kappa shape index (κ3) is 4.24. The van der Waals surface area contributed by atoms with Crippen molar-refractivity contribution in [1.29, 1.82) is 0 Å². The van der Waals surface area contributed by atoms with Crippen molar-refractivity contribution in [3.05, 3.63) is 58.9 Å². The predicted octanol–water partition coefficient (Wildman–Crippen LogP) is 3.88. The van der Waals surface area contributed by atoms with Crippen LogP contribution >= 0.6 is 0 Å². The maximum absolute atomic E-state index is 14.4. The van der Waals surface area contributed by atoms with E-state index in [-0.39, 0.29) is 23.7 Å². The summed E-state index contributed by atoms with van der Waals surface area (Å²) < 4.78 is 20.3. The van der Waals surface area contributed by atoms with E-state index in [0.717, 1.165) is 17.5 Å². The first kappa shape index (κ1) is 19.4. The number of rotatable bonds is 3. The smallest absolute Gasteiger partial charge is 0.322 e. The molecule has 1 unspecified atom stereocenters. The number of hydrogen-bond acceptors (Lipinski definition) is 3. The van der Waals surface area contributed by atoms with Gasteiger partial charge in [0.05, 0.1) is 18.8 Å². The minimum Gasteiger partial charge on any atom is -0.370 e. The molecule has 2 heterocycles. The highest BCUT2D eigenvalue weighted by atomic mass is 19.1. The standard InChI is InChI=1S/C22H24FN3O3/c1-2-14-3-5-15(6-4-14)20-13-26(9-10-29-20)22(28)25-19-11-16-7-8-21(27)24-18(16)12-17(19)23/h3-6,11-12,20H,2,7-10,13H2,1H3,(H,24,27)(H,25,28). The molecule has 2 aromatic carbocycles. The molecule has 0 saturated carbocycles. The number of benzene rings is 2. The Morgan fingerprint density at radius 3 is 2.83 bits per heavy atom. The number of anilines is 2. The maximum Gasteiger partial charge on any atom is 0.322 e. The van der Waals surface area contributed by atoms with Gasteiger partial charge in [-0.3, -0.25) is 4.79 Å². The fraction of sp³-hybridized carbons (Fsp3) is 0.364. The Bertz CT molecular complexity index is 930. The molecule has 6 nitrogen and oxygen atoms in total. The number of amides is 3. The van der Waals surface area contributed by atoms with E-state index in [1.807, 2.05) is 12.1 Å². The van der Waals surface area contributed by atoms with E-state index in [0.29, 0.717) is 38.2 Å². The Kier molecular flexibility index (Phi) is 5.49. The Balaban J connectivity index is 1.45. The average molecular weight is 397 g/mol. The fourth-order valence-corrected chi connectivity index (χ4v) is 3.70. The van der Waals surface area contributed by atoms with Crippen LogP contribution in [-0.4, -0.2) is 36.5 Å². The third-order valence-corrected chi connectivity index (χ3v) is 5.44. The number of fused-ring (bicyclic) bond motifs is 1. The number of nitrogens with zero attached hydrogens (tertiary/aromatic N) is 1. The van der Waals surface area contributed by atoms with Crippen LogP contribution in [0.2, 0.25) is 0 Å². The van der Waals surface area contributed by atoms with Gasteiger partial charge in [-0.1, -0.05) is 31.2 Å². The van der Waals surface area contributed by atoms with Crippen LogP contribution in [0.3, 0.4) is 0 Å². The van der Waals surface area contributed by atoms with Gasteiger partial charge in [0.25, 0.3) is 0 Å². The zero-order valence-electron chi connectivity index (χ0n) is 16.3. The van der Waals surface area contributed by atoms with Crippen molar-refractivity contribution in [2.45, 2.75) is 32.3 Å². The first-order valence-electron chi connectivity index (χ1n) is 9.92. The molecule has 1 saturated heterocycles. The van der Waals surface area contributed by atoms with Crippen molar-refractivity contribution >= 4 is 23.3 Å². The normalized spacial score (nSPS) is 18.8. The Morgan fingerprint density at radius 1 is 1.28 bits per heavy atom. The summed E-state index contributed by atoms with van der Waals surface area (Å²) in [6, 6.07) is 10.7. The molecule has 2 aromatic rings. The largest absolute Gasteiger partial charge is 0.370 e. The summed E-state index contributed by atoms with van der Waals surface area (Å²) in [5.41, 5.74) is 3.68. The highest BCUT2D eigenvalue weighted by molar-refractivity contribution is 5.95. The topological polar surface area (TPSA) is 70.7 Å². The molecule has 7 heteroatoms. The van der Waals surface area contributed by atoms with Crippen LogP contribution in [0.15, 0.2) is 36.4 Å². The van der Waals surface area contributed by atoms with Crippen LogP contribution in [0.25, 0.3) is 0 Å². The van der Waals surface area contributed by atoms with E-state index in [1.54, 1.807) is 11.0 Å². The molecule has 0 aliphatic carbocycles. The van der Waals surface area contributed by atoms with Gasteiger partial charge in [-0.25, -0.2) is 9.18 Å². The SMILES string of the molecule is CCc1ccc(C2CN(C(=O)Nc3cc4c(cc3F)NC(=O)CC4)CCO2)cc1. The monoisotopic (exact) mass is 397 g/mol. The number of hydrogen-bond donors (Lipinski definition) is 2. The van der Waals surface area contributed by atoms with Crippen LogP contribution in [0.4, 0.5) is 20.6 Å². The number of carbonyl (C=O) groups is 2. The van der Waals surface area contributed by atoms with Crippen molar-refractivity contribution in [3.8, 4) is 0 Å². The summed E-state index contributed by atoms with van der Waals surface area (Å²) in [7, 11) is 0. The lowest BCUT2D eigenvalue weighted by molar-refractivity contribution is -0.116. The van der Waals surface area contributed by atoms with Gasteiger partial charge in [0.2, 0.25) is 5.91 Å². The number of halogens is 1. The van der Waals surface area contributed by atoms with E-state index in [1.165, 1.54) is 11.6 Å². The minimum atomic E-state index is -0.570. The zero-order chi connectivity index (χ0) is 20.4. The quantitative estimate of drug-likeness (QED) is 0.826. The number of aryl methyl sites for hydroxylation is 2. The summed E-state index contributed by atoms with van der Waals surface area (Å²) >= 11 is 0. The lowest BCUT2D eigenvalue weighted by Crippen LogP contribution is -2.44. The average Bonchev–Trinajstić information content (AvgIpc) is 2.74. The second-order valence-corrected chi connectivity index (χ2v) is 7.37. The van der Waals surface area contributed by atoms with Crippen LogP contribution < -0.4 is 10.6 Å². The first-order chi connectivity index (χ1) is 14.0. The van der Waals surface area contributed by atoms with Crippen molar-refractivity contribution in [2.75, 3.05) is 30.3 Å². The minimum absolute atomic E-state index is 0.125. The number of ether oxygens (including phenoxy) is 1. The Labute approximate surface area is 169 Å². The Hall–Kier alpha value is -2.93. The van der Waals surface area contributed by atoms with Crippen LogP contribution in [0.1, 0.15) is 36.1 Å². The molecule has 2 aliphatic rings. The molecule has 2 aliphatic heterocycles. The fourth-order valence-electron chi connectivity index (χ4n) is 3.70. The summed E-state index contributed by atoms with van der Waals surface area (Å²) in [6.07, 6.45) is 1.64. The molecule has 1 fully saturated rings. The zero-order valence-corrected chi connectivity index (χ0v) is 16.3. The van der Waals surface area contributed by atoms with Crippen molar-refractivity contribution in [1.82, 2.24) is 4.90 Å². The summed E-state index contributed by atoms with van der Waals surface area (Å²) in [4.78, 5) is 25.8. The molecular weight excluding hydrogens is 373 g/mol. The summed E-state index contributed by atoms with van der Waals surface area (Å²) in [5.74, 6) is -0.695. The van der Waals surface area contributed by atoms with Gasteiger partial charge >= 0.3 is 6.03 Å². The molecule has 2 N–H and O–H groups in total. The maximum atomic E-state index is 14.4. The van der Waals surface area contributed by atoms with Gasteiger partial charge in [0, 0.05) is 18.7 Å². The predicted molar refractivity (Wildman–Crippen MR) is 108 cm³/mol. The molecule has 1 atom stereocenters. The second kappa shape index (κ2) is 8.21. The summed E-state index contributed by atoms with van der Waals surface area (Å²) in [5, 5.41) is 5.33. The Morgan fingerprint density at radius 2 is 2.07 bits per heavy atom. The molecule has 152 valence electrons. The van der Waals surface area contributed by atoms with Crippen molar-refractivity contribution in [2.24, 2.45) is 0 Å². The first-order valence-corrected chi connectivity index (χ1v) is 9.92. The van der Waals surface area contributed by atoms with Gasteiger partial charge in [0.1, 0.15) is 11.9 Å². The van der Waals surface area contributed by atoms with E-state index in [4.69, 9.17) is 4.74 Å². The number of morpholine rings is 1. The number of urea groups is 1. The number of carbonyl (C=O) groups excluding carboxylic acids is 2. The highest BCUT2D eigenvalue weighted by Crippen LogP contribution is 2.29.